The predicted octanol–water partition coefficient (Wildman–Crippen LogP) is 23.5. The van der Waals surface area contributed by atoms with Gasteiger partial charge in [-0.3, -0.25) is 14.4 Å². The van der Waals surface area contributed by atoms with Gasteiger partial charge in [-0.25, -0.2) is 39.9 Å². The summed E-state index contributed by atoms with van der Waals surface area (Å²) in [6.07, 6.45) is 21.0. The van der Waals surface area contributed by atoms with Crippen molar-refractivity contribution in [3.63, 3.8) is 0 Å². The number of likely N-dealkylation sites (tertiary alicyclic amines) is 4. The van der Waals surface area contributed by atoms with Gasteiger partial charge in [-0.2, -0.15) is 0 Å². The zero-order chi connectivity index (χ0) is 78.3. The summed E-state index contributed by atoms with van der Waals surface area (Å²) in [5.74, 6) is 2.72. The number of carbonyl (C=O) groups excluding carboxylic acids is 3. The minimum Gasteiger partial charge on any atom is -0.355 e. The van der Waals surface area contributed by atoms with E-state index in [1.54, 1.807) is 100 Å². The average Bonchev–Trinajstić information content (AvgIpc) is 1.68. The van der Waals surface area contributed by atoms with Crippen LogP contribution in [0, 0.1) is 0 Å². The van der Waals surface area contributed by atoms with E-state index in [1.807, 2.05) is 91.1 Å². The monoisotopic (exact) mass is 1670 g/mol. The number of benzene rings is 4. The maximum absolute atomic E-state index is 11.7. The van der Waals surface area contributed by atoms with Gasteiger partial charge in [-0.05, 0) is 242 Å². The topological polar surface area (TPSA) is 215 Å². The van der Waals surface area contributed by atoms with Gasteiger partial charge in [0.15, 0.2) is 0 Å². The van der Waals surface area contributed by atoms with E-state index in [0.717, 1.165) is 190 Å². The molecule has 115 heavy (non-hydrogen) atoms. The zero-order valence-electron chi connectivity index (χ0n) is 64.7. The number of thiophene rings is 4. The van der Waals surface area contributed by atoms with E-state index in [9.17, 15) is 14.4 Å². The molecular weight excluding hydrogens is 1590 g/mol. The highest BCUT2D eigenvalue weighted by molar-refractivity contribution is 7.20. The smallest absolute Gasteiger partial charge is 0.219 e. The molecule has 0 spiro atoms. The van der Waals surface area contributed by atoms with Crippen molar-refractivity contribution >= 4 is 236 Å². The Morgan fingerprint density at radius 3 is 0.870 bits per heavy atom. The van der Waals surface area contributed by atoms with Crippen LogP contribution in [0.5, 0.6) is 0 Å². The Morgan fingerprint density at radius 1 is 0.330 bits per heavy atom. The van der Waals surface area contributed by atoms with Crippen molar-refractivity contribution < 1.29 is 14.4 Å². The zero-order valence-corrected chi connectivity index (χ0v) is 71.2. The van der Waals surface area contributed by atoms with Crippen molar-refractivity contribution in [3.05, 3.63) is 188 Å². The van der Waals surface area contributed by atoms with Crippen LogP contribution in [0.25, 0.3) is 81.7 Å². The molecule has 3 amide bonds. The van der Waals surface area contributed by atoms with Gasteiger partial charge < -0.3 is 40.9 Å². The van der Waals surface area contributed by atoms with Crippen LogP contribution in [0.1, 0.15) is 148 Å². The number of pyridine rings is 4. The third kappa shape index (κ3) is 18.3. The molecule has 4 aromatic carbocycles. The van der Waals surface area contributed by atoms with Crippen LogP contribution in [0.4, 0.5) is 45.5 Å². The minimum atomic E-state index is 0.187. The van der Waals surface area contributed by atoms with Crippen LogP contribution in [-0.2, 0) is 14.4 Å². The molecule has 588 valence electrons. The number of thiazole rings is 4. The quantitative estimate of drug-likeness (QED) is 0.0844. The molecule has 19 nitrogen and oxygen atoms in total. The Kier molecular flexibility index (Phi) is 24.3. The molecular formula is C88H90N16O3S8. The maximum atomic E-state index is 11.7. The van der Waals surface area contributed by atoms with Gasteiger partial charge >= 0.3 is 0 Å². The second-order valence-corrected chi connectivity index (χ2v) is 37.8. The fourth-order valence-electron chi connectivity index (χ4n) is 16.3. The first-order valence-electron chi connectivity index (χ1n) is 39.8. The summed E-state index contributed by atoms with van der Waals surface area (Å²) >= 11 is 13.9. The standard InChI is InChI=1S/3C22H22N4OS2.C22H24N4S2/c3*1-14(27)26-9-2-3-15(7-10-26)21-12-17-18(6-8-23-22(17)29-21)25-16-4-5-20-19(11-16)24-13-28-20;1-2-26-10-3-4-15(8-11-26)21-13-17-18(7-9-23-22(17)28-21)25-16-5-6-20-19(12-16)24-14-27-20/h3*4-6,8,11-13,15H,2-3,7,9-10H2,1H3,(H,23,25);5-7,9,12-15H,2-4,8,10-11H2,1H3,(H,23,25)/t2*15-;;15-/m10.0/s1. The molecule has 4 aliphatic heterocycles. The van der Waals surface area contributed by atoms with Gasteiger partial charge in [-0.15, -0.1) is 90.7 Å². The first-order valence-corrected chi connectivity index (χ1v) is 46.5. The van der Waals surface area contributed by atoms with Crippen molar-refractivity contribution in [2.75, 3.05) is 80.2 Å². The maximum Gasteiger partial charge on any atom is 0.219 e. The average molecular weight is 1680 g/mol. The molecule has 12 aromatic heterocycles. The fourth-order valence-corrected chi connectivity index (χ4v) is 23.7. The fraction of sp³-hybridized carbons (Fsp3) is 0.330. The first-order chi connectivity index (χ1) is 56.3. The Labute approximate surface area is 700 Å². The van der Waals surface area contributed by atoms with Crippen LogP contribution in [0.3, 0.4) is 0 Å². The summed E-state index contributed by atoms with van der Waals surface area (Å²) in [6, 6.07) is 42.7. The molecule has 0 radical (unpaired) electrons. The van der Waals surface area contributed by atoms with Gasteiger partial charge in [-0.1, -0.05) is 6.92 Å². The SMILES string of the molecule is CC(=O)N1CCCC(c2cc3c(Nc4ccc5scnc5c4)ccnc3s2)CC1.CC(=O)N1CCC[C@@H](c2cc3c(Nc4ccc5scnc5c4)ccnc3s2)CC1.CC(=O)N1CCC[C@H](c2cc3c(Nc4ccc5scnc5c4)ccnc3s2)CC1.CCN1CCC[C@H](c2cc3c(Nc4ccc5scnc5c4)ccnc3s2)CC1. The van der Waals surface area contributed by atoms with Gasteiger partial charge in [0, 0.05) is 149 Å². The van der Waals surface area contributed by atoms with Crippen LogP contribution >= 0.6 is 90.7 Å². The van der Waals surface area contributed by atoms with Crippen molar-refractivity contribution in [1.82, 2.24) is 59.5 Å². The number of nitrogens with zero attached hydrogens (tertiary/aromatic N) is 12. The number of hydrogen-bond donors (Lipinski definition) is 4. The number of amides is 3. The van der Waals surface area contributed by atoms with E-state index >= 15 is 0 Å². The van der Waals surface area contributed by atoms with Gasteiger partial charge in [0.1, 0.15) is 19.3 Å². The lowest BCUT2D eigenvalue weighted by atomic mass is 9.98. The molecule has 4 aliphatic rings. The molecule has 0 saturated carbocycles. The van der Waals surface area contributed by atoms with Crippen LogP contribution < -0.4 is 21.3 Å². The van der Waals surface area contributed by atoms with Gasteiger partial charge in [0.2, 0.25) is 17.7 Å². The number of fused-ring (bicyclic) bond motifs is 8. The van der Waals surface area contributed by atoms with Crippen LogP contribution in [-0.4, -0.2) is 136 Å². The van der Waals surface area contributed by atoms with Crippen LogP contribution in [0.2, 0.25) is 0 Å². The van der Waals surface area contributed by atoms with Crippen molar-refractivity contribution in [1.29, 1.82) is 0 Å². The van der Waals surface area contributed by atoms with Gasteiger partial charge in [0.05, 0.1) is 85.7 Å². The number of hydrogen-bond acceptors (Lipinski definition) is 24. The molecule has 4 fully saturated rings. The second-order valence-electron chi connectivity index (χ2n) is 30.0. The minimum absolute atomic E-state index is 0.187. The number of carbonyl (C=O) groups is 3. The molecule has 0 bridgehead atoms. The Hall–Kier alpha value is -9.55. The summed E-state index contributed by atoms with van der Waals surface area (Å²) in [6.45, 7) is 16.1. The Morgan fingerprint density at radius 2 is 0.600 bits per heavy atom. The molecule has 1 unspecified atom stereocenters. The molecule has 16 aromatic rings. The van der Waals surface area contributed by atoms with E-state index in [-0.39, 0.29) is 17.7 Å². The highest BCUT2D eigenvalue weighted by Crippen LogP contribution is 2.45. The molecule has 20 rings (SSSR count). The first kappa shape index (κ1) is 78.0. The summed E-state index contributed by atoms with van der Waals surface area (Å²) in [5, 5.41) is 19.0. The highest BCUT2D eigenvalue weighted by Gasteiger charge is 2.27. The normalized spacial score (nSPS) is 17.8. The number of anilines is 8. The van der Waals surface area contributed by atoms with E-state index in [0.29, 0.717) is 23.7 Å². The van der Waals surface area contributed by atoms with E-state index in [2.05, 4.69) is 176 Å². The lowest BCUT2D eigenvalue weighted by Crippen LogP contribution is -2.29. The van der Waals surface area contributed by atoms with Crippen molar-refractivity contribution in [2.45, 2.75) is 128 Å². The Balaban J connectivity index is 0.000000111. The third-order valence-corrected chi connectivity index (χ3v) is 30.7. The molecule has 4 saturated heterocycles. The largest absolute Gasteiger partial charge is 0.355 e. The van der Waals surface area contributed by atoms with Crippen LogP contribution in [0.15, 0.2) is 168 Å². The number of nitrogens with one attached hydrogen (secondary N) is 4. The summed E-state index contributed by atoms with van der Waals surface area (Å²) < 4.78 is 4.81. The summed E-state index contributed by atoms with van der Waals surface area (Å²) in [5.41, 5.74) is 20.2. The lowest BCUT2D eigenvalue weighted by Gasteiger charge is -2.18. The molecule has 27 heteroatoms. The summed E-state index contributed by atoms with van der Waals surface area (Å²) in [7, 11) is 0. The van der Waals surface area contributed by atoms with Crippen molar-refractivity contribution in [3.8, 4) is 0 Å². The third-order valence-electron chi connectivity index (χ3n) is 22.7. The molecule has 4 atom stereocenters. The molecule has 4 N–H and O–H groups in total. The highest BCUT2D eigenvalue weighted by atomic mass is 32.1. The Bertz CT molecular complexity index is 5670. The predicted molar refractivity (Wildman–Crippen MR) is 485 cm³/mol. The van der Waals surface area contributed by atoms with E-state index < -0.39 is 0 Å². The van der Waals surface area contributed by atoms with E-state index in [1.165, 1.54) is 92.2 Å². The number of rotatable bonds is 13. The lowest BCUT2D eigenvalue weighted by molar-refractivity contribution is -0.129. The number of aromatic nitrogens is 8. The van der Waals surface area contributed by atoms with Gasteiger partial charge in [0.25, 0.3) is 0 Å². The second kappa shape index (κ2) is 35.9. The molecule has 0 aliphatic carbocycles. The van der Waals surface area contributed by atoms with Crippen molar-refractivity contribution in [2.24, 2.45) is 0 Å². The molecule has 16 heterocycles. The van der Waals surface area contributed by atoms with E-state index in [4.69, 9.17) is 0 Å². The summed E-state index contributed by atoms with van der Waals surface area (Å²) in [4.78, 5) is 89.8.